The van der Waals surface area contributed by atoms with Crippen LogP contribution in [0.5, 0.6) is 11.5 Å². The Balaban J connectivity index is 1.63. The lowest BCUT2D eigenvalue weighted by Crippen LogP contribution is -2.16. The number of aryl methyl sites for hydroxylation is 1. The normalized spacial score (nSPS) is 11.4. The van der Waals surface area contributed by atoms with Gasteiger partial charge in [0.25, 0.3) is 0 Å². The van der Waals surface area contributed by atoms with E-state index in [1.807, 2.05) is 26.0 Å². The van der Waals surface area contributed by atoms with E-state index in [1.165, 1.54) is 0 Å². The smallest absolute Gasteiger partial charge is 0.416 e. The van der Waals surface area contributed by atoms with Gasteiger partial charge < -0.3 is 19.4 Å². The minimum Gasteiger partial charge on any atom is -0.493 e. The summed E-state index contributed by atoms with van der Waals surface area (Å²) in [6.07, 6.45) is -4.54. The van der Waals surface area contributed by atoms with Gasteiger partial charge in [0.15, 0.2) is 22.5 Å². The molecule has 1 N–H and O–H groups in total. The molecule has 3 aromatic rings. The average Bonchev–Trinajstić information content (AvgIpc) is 3.19. The number of ether oxygens (including phenoxy) is 2. The van der Waals surface area contributed by atoms with Crippen LogP contribution >= 0.6 is 23.4 Å². The minimum absolute atomic E-state index is 0.00837. The number of carbonyl (C=O) groups is 1. The standard InChI is InChI=1S/C22H22ClF3N4O3S/c1-4-30-19(11-33-17-8-5-13(2)9-18(17)32-3)28-29-21(30)34-12-20(31)27-16-10-14(22(24,25)26)6-7-15(16)23/h5-10H,4,11-12H2,1-3H3,(H,27,31). The second-order valence-corrected chi connectivity index (χ2v) is 8.46. The Morgan fingerprint density at radius 2 is 1.94 bits per heavy atom. The summed E-state index contributed by atoms with van der Waals surface area (Å²) in [6.45, 7) is 4.50. The highest BCUT2D eigenvalue weighted by molar-refractivity contribution is 7.99. The van der Waals surface area contributed by atoms with Crippen LogP contribution in [0.15, 0.2) is 41.6 Å². The highest BCUT2D eigenvalue weighted by Gasteiger charge is 2.31. The van der Waals surface area contributed by atoms with E-state index in [1.54, 1.807) is 17.7 Å². The molecule has 1 aromatic heterocycles. The van der Waals surface area contributed by atoms with Gasteiger partial charge in [0.05, 0.1) is 29.1 Å². The van der Waals surface area contributed by atoms with Crippen LogP contribution in [0.1, 0.15) is 23.9 Å². The van der Waals surface area contributed by atoms with Crippen molar-refractivity contribution in [3.63, 3.8) is 0 Å². The molecule has 182 valence electrons. The van der Waals surface area contributed by atoms with E-state index >= 15 is 0 Å². The number of nitrogens with one attached hydrogen (secondary N) is 1. The molecule has 0 aliphatic carbocycles. The lowest BCUT2D eigenvalue weighted by molar-refractivity contribution is -0.137. The number of aromatic nitrogens is 3. The lowest BCUT2D eigenvalue weighted by Gasteiger charge is -2.12. The number of hydrogen-bond donors (Lipinski definition) is 1. The second-order valence-electron chi connectivity index (χ2n) is 7.12. The van der Waals surface area contributed by atoms with Gasteiger partial charge in [-0.2, -0.15) is 13.2 Å². The molecule has 1 amide bonds. The third-order valence-corrected chi connectivity index (χ3v) is 5.98. The summed E-state index contributed by atoms with van der Waals surface area (Å²) >= 11 is 7.03. The Labute approximate surface area is 203 Å². The zero-order valence-electron chi connectivity index (χ0n) is 18.6. The van der Waals surface area contributed by atoms with Gasteiger partial charge in [0, 0.05) is 6.54 Å². The molecule has 0 unspecified atom stereocenters. The molecule has 0 atom stereocenters. The maximum Gasteiger partial charge on any atom is 0.416 e. The van der Waals surface area contributed by atoms with Crippen molar-refractivity contribution in [3.8, 4) is 11.5 Å². The van der Waals surface area contributed by atoms with Gasteiger partial charge in [-0.25, -0.2) is 0 Å². The third-order valence-electron chi connectivity index (χ3n) is 4.69. The SMILES string of the molecule is CCn1c(COc2ccc(C)cc2OC)nnc1SCC(=O)Nc1cc(C(F)(F)F)ccc1Cl. The largest absolute Gasteiger partial charge is 0.493 e. The molecule has 0 bridgehead atoms. The number of thioether (sulfide) groups is 1. The summed E-state index contributed by atoms with van der Waals surface area (Å²) in [4.78, 5) is 12.3. The Hall–Kier alpha value is -2.92. The topological polar surface area (TPSA) is 78.3 Å². The summed E-state index contributed by atoms with van der Waals surface area (Å²) in [6, 6.07) is 8.31. The van der Waals surface area contributed by atoms with E-state index < -0.39 is 17.6 Å². The van der Waals surface area contributed by atoms with Crippen molar-refractivity contribution < 1.29 is 27.4 Å². The summed E-state index contributed by atoms with van der Waals surface area (Å²) in [5, 5.41) is 11.1. The first-order valence-corrected chi connectivity index (χ1v) is 11.5. The maximum atomic E-state index is 12.9. The summed E-state index contributed by atoms with van der Waals surface area (Å²) in [5.74, 6) is 1.08. The van der Waals surface area contributed by atoms with Crippen molar-refractivity contribution in [3.05, 3.63) is 58.4 Å². The Kier molecular flexibility index (Phi) is 8.32. The number of rotatable bonds is 9. The van der Waals surface area contributed by atoms with Gasteiger partial charge in [-0.3, -0.25) is 4.79 Å². The van der Waals surface area contributed by atoms with E-state index in [2.05, 4.69) is 15.5 Å². The molecule has 12 heteroatoms. The molecule has 0 saturated carbocycles. The number of hydrogen-bond acceptors (Lipinski definition) is 6. The van der Waals surface area contributed by atoms with Crippen molar-refractivity contribution in [2.24, 2.45) is 0 Å². The van der Waals surface area contributed by atoms with Crippen LogP contribution in [0, 0.1) is 6.92 Å². The first kappa shape index (κ1) is 25.7. The fourth-order valence-electron chi connectivity index (χ4n) is 3.00. The summed E-state index contributed by atoms with van der Waals surface area (Å²) in [5.41, 5.74) is 0.0184. The van der Waals surface area contributed by atoms with Crippen molar-refractivity contribution in [2.75, 3.05) is 18.2 Å². The number of anilines is 1. The first-order valence-electron chi connectivity index (χ1n) is 10.1. The second kappa shape index (κ2) is 11.0. The average molecular weight is 515 g/mol. The molecule has 0 spiro atoms. The molecule has 3 rings (SSSR count). The number of halogens is 4. The zero-order valence-corrected chi connectivity index (χ0v) is 20.1. The van der Waals surface area contributed by atoms with Crippen LogP contribution < -0.4 is 14.8 Å². The molecule has 0 aliphatic heterocycles. The van der Waals surface area contributed by atoms with Crippen molar-refractivity contribution in [1.29, 1.82) is 0 Å². The highest BCUT2D eigenvalue weighted by atomic mass is 35.5. The maximum absolute atomic E-state index is 12.9. The molecule has 2 aromatic carbocycles. The summed E-state index contributed by atoms with van der Waals surface area (Å²) in [7, 11) is 1.56. The Morgan fingerprint density at radius 3 is 2.62 bits per heavy atom. The molecule has 0 saturated heterocycles. The van der Waals surface area contributed by atoms with Gasteiger partial charge in [-0.1, -0.05) is 29.4 Å². The number of alkyl halides is 3. The van der Waals surface area contributed by atoms with Crippen molar-refractivity contribution in [1.82, 2.24) is 14.8 Å². The Bertz CT molecular complexity index is 1170. The van der Waals surface area contributed by atoms with Crippen LogP contribution in [0.2, 0.25) is 5.02 Å². The number of nitrogens with zero attached hydrogens (tertiary/aromatic N) is 3. The number of methoxy groups -OCH3 is 1. The number of amides is 1. The minimum atomic E-state index is -4.54. The van der Waals surface area contributed by atoms with Gasteiger partial charge in [0.1, 0.15) is 6.61 Å². The molecule has 34 heavy (non-hydrogen) atoms. The Morgan fingerprint density at radius 1 is 1.18 bits per heavy atom. The molecule has 1 heterocycles. The molecule has 0 radical (unpaired) electrons. The zero-order chi connectivity index (χ0) is 24.9. The van der Waals surface area contributed by atoms with Crippen LogP contribution in [-0.4, -0.2) is 33.5 Å². The molecule has 7 nitrogen and oxygen atoms in total. The van der Waals surface area contributed by atoms with Crippen LogP contribution in [-0.2, 0) is 24.1 Å². The van der Waals surface area contributed by atoms with Crippen LogP contribution in [0.3, 0.4) is 0 Å². The van der Waals surface area contributed by atoms with Gasteiger partial charge in [-0.15, -0.1) is 10.2 Å². The van der Waals surface area contributed by atoms with Crippen molar-refractivity contribution in [2.45, 2.75) is 38.3 Å². The quantitative estimate of drug-likeness (QED) is 0.375. The van der Waals surface area contributed by atoms with Gasteiger partial charge in [-0.05, 0) is 49.7 Å². The van der Waals surface area contributed by atoms with E-state index in [0.717, 1.165) is 35.5 Å². The van der Waals surface area contributed by atoms with E-state index in [9.17, 15) is 18.0 Å². The lowest BCUT2D eigenvalue weighted by atomic mass is 10.2. The van der Waals surface area contributed by atoms with E-state index in [4.69, 9.17) is 21.1 Å². The van der Waals surface area contributed by atoms with Crippen LogP contribution in [0.25, 0.3) is 0 Å². The predicted octanol–water partition coefficient (Wildman–Crippen LogP) is 5.60. The van der Waals surface area contributed by atoms with Gasteiger partial charge >= 0.3 is 6.18 Å². The summed E-state index contributed by atoms with van der Waals surface area (Å²) < 4.78 is 51.7. The first-order chi connectivity index (χ1) is 16.1. The number of benzene rings is 2. The molecule has 0 fully saturated rings. The molecular weight excluding hydrogens is 493 g/mol. The van der Waals surface area contributed by atoms with Gasteiger partial charge in [0.2, 0.25) is 5.91 Å². The fraction of sp³-hybridized carbons (Fsp3) is 0.318. The van der Waals surface area contributed by atoms with E-state index in [0.29, 0.717) is 29.0 Å². The molecule has 0 aliphatic rings. The fourth-order valence-corrected chi connectivity index (χ4v) is 3.99. The van der Waals surface area contributed by atoms with Crippen LogP contribution in [0.4, 0.5) is 18.9 Å². The third kappa shape index (κ3) is 6.35. The number of carbonyl (C=O) groups excluding carboxylic acids is 1. The molecular formula is C22H22ClF3N4O3S. The van der Waals surface area contributed by atoms with Crippen molar-refractivity contribution >= 4 is 35.0 Å². The highest BCUT2D eigenvalue weighted by Crippen LogP contribution is 2.34. The van der Waals surface area contributed by atoms with E-state index in [-0.39, 0.29) is 23.1 Å². The predicted molar refractivity (Wildman–Crippen MR) is 124 cm³/mol. The monoisotopic (exact) mass is 514 g/mol.